The molecule has 0 spiro atoms. The van der Waals surface area contributed by atoms with Crippen LogP contribution in [0.25, 0.3) is 0 Å². The molecular formula is C15H24O2S. The number of ketones is 1. The van der Waals surface area contributed by atoms with E-state index in [0.29, 0.717) is 11.7 Å². The van der Waals surface area contributed by atoms with Gasteiger partial charge in [0.1, 0.15) is 5.78 Å². The molecule has 3 atom stereocenters. The van der Waals surface area contributed by atoms with Crippen LogP contribution in [0.5, 0.6) is 0 Å². The molecule has 0 amide bonds. The minimum atomic E-state index is -0.0873. The molecule has 2 aliphatic rings. The third-order valence-electron chi connectivity index (χ3n) is 5.64. The number of carbonyl (C=O) groups is 2. The summed E-state index contributed by atoms with van der Waals surface area (Å²) in [7, 11) is 0. The lowest BCUT2D eigenvalue weighted by Gasteiger charge is -2.32. The summed E-state index contributed by atoms with van der Waals surface area (Å²) < 4.78 is 0. The average molecular weight is 268 g/mol. The first-order valence-corrected chi connectivity index (χ1v) is 7.97. The fraction of sp³-hybridized carbons (Fsp3) is 0.867. The molecule has 2 rings (SSSR count). The second kappa shape index (κ2) is 4.66. The number of hydrogen-bond donors (Lipinski definition) is 0. The highest BCUT2D eigenvalue weighted by Gasteiger charge is 2.65. The van der Waals surface area contributed by atoms with Crippen molar-refractivity contribution in [3.8, 4) is 0 Å². The second-order valence-corrected chi connectivity index (χ2v) is 7.92. The van der Waals surface area contributed by atoms with Crippen molar-refractivity contribution in [3.05, 3.63) is 0 Å². The van der Waals surface area contributed by atoms with Gasteiger partial charge in [-0.2, -0.15) is 0 Å². The second-order valence-electron chi connectivity index (χ2n) is 6.65. The summed E-state index contributed by atoms with van der Waals surface area (Å²) in [4.78, 5) is 23.4. The maximum atomic E-state index is 12.6. The van der Waals surface area contributed by atoms with Crippen molar-refractivity contribution in [1.82, 2.24) is 0 Å². The molecule has 0 N–H and O–H groups in total. The van der Waals surface area contributed by atoms with Crippen molar-refractivity contribution in [3.63, 3.8) is 0 Å². The van der Waals surface area contributed by atoms with E-state index in [9.17, 15) is 9.59 Å². The molecule has 102 valence electrons. The Kier molecular flexibility index (Phi) is 3.65. The van der Waals surface area contributed by atoms with Crippen LogP contribution in [-0.2, 0) is 9.59 Å². The van der Waals surface area contributed by atoms with Gasteiger partial charge in [-0.3, -0.25) is 9.59 Å². The maximum absolute atomic E-state index is 12.6. The molecule has 0 heterocycles. The third-order valence-corrected chi connectivity index (χ3v) is 6.53. The first-order valence-electron chi connectivity index (χ1n) is 6.98. The molecule has 0 saturated heterocycles. The lowest BCUT2D eigenvalue weighted by molar-refractivity contribution is -0.131. The van der Waals surface area contributed by atoms with Crippen LogP contribution < -0.4 is 0 Å². The Morgan fingerprint density at radius 2 is 2.06 bits per heavy atom. The largest absolute Gasteiger partial charge is 0.299 e. The quantitative estimate of drug-likeness (QED) is 0.729. The fourth-order valence-electron chi connectivity index (χ4n) is 4.12. The molecule has 2 bridgehead atoms. The van der Waals surface area contributed by atoms with Crippen LogP contribution in [0.4, 0.5) is 0 Å². The standard InChI is InChI=1S/C15H24O2S/c1-10(16)18-9-5-6-11-12-7-8-15(4,13(11)17)14(12,2)3/h11-12H,5-9H2,1-4H3/t11-,12-,15+/m1/s1. The van der Waals surface area contributed by atoms with Crippen LogP contribution in [0.3, 0.4) is 0 Å². The van der Waals surface area contributed by atoms with Gasteiger partial charge in [0.15, 0.2) is 5.12 Å². The van der Waals surface area contributed by atoms with Crippen molar-refractivity contribution in [2.24, 2.45) is 22.7 Å². The van der Waals surface area contributed by atoms with E-state index in [4.69, 9.17) is 0 Å². The summed E-state index contributed by atoms with van der Waals surface area (Å²) >= 11 is 1.38. The van der Waals surface area contributed by atoms with Gasteiger partial charge in [0, 0.05) is 24.0 Å². The Balaban J connectivity index is 1.96. The lowest BCUT2D eigenvalue weighted by atomic mass is 9.70. The Morgan fingerprint density at radius 1 is 1.39 bits per heavy atom. The Bertz CT molecular complexity index is 375. The SMILES string of the molecule is CC(=O)SCCC[C@H]1C(=O)[C@]2(C)CC[C@H]1C2(C)C. The summed E-state index contributed by atoms with van der Waals surface area (Å²) in [6, 6.07) is 0. The highest BCUT2D eigenvalue weighted by Crippen LogP contribution is 2.66. The van der Waals surface area contributed by atoms with Crippen molar-refractivity contribution in [2.75, 3.05) is 5.75 Å². The first-order chi connectivity index (χ1) is 8.30. The number of fused-ring (bicyclic) bond motifs is 2. The zero-order chi connectivity index (χ0) is 13.6. The molecular weight excluding hydrogens is 244 g/mol. The fourth-order valence-corrected chi connectivity index (χ4v) is 4.72. The van der Waals surface area contributed by atoms with Crippen LogP contribution >= 0.6 is 11.8 Å². The molecule has 0 aliphatic heterocycles. The number of hydrogen-bond acceptors (Lipinski definition) is 3. The minimum absolute atomic E-state index is 0.0873. The molecule has 2 aliphatic carbocycles. The highest BCUT2D eigenvalue weighted by molar-refractivity contribution is 8.13. The minimum Gasteiger partial charge on any atom is -0.299 e. The van der Waals surface area contributed by atoms with Gasteiger partial charge in [0.05, 0.1) is 0 Å². The van der Waals surface area contributed by atoms with Gasteiger partial charge >= 0.3 is 0 Å². The normalized spacial score (nSPS) is 37.2. The van der Waals surface area contributed by atoms with Crippen LogP contribution in [-0.4, -0.2) is 16.7 Å². The first kappa shape index (κ1) is 14.1. The van der Waals surface area contributed by atoms with E-state index in [0.717, 1.165) is 25.0 Å². The molecule has 3 heteroatoms. The Labute approximate surface area is 114 Å². The molecule has 0 aromatic rings. The van der Waals surface area contributed by atoms with E-state index in [1.165, 1.54) is 18.2 Å². The van der Waals surface area contributed by atoms with E-state index in [2.05, 4.69) is 20.8 Å². The van der Waals surface area contributed by atoms with E-state index in [1.807, 2.05) is 0 Å². The monoisotopic (exact) mass is 268 g/mol. The average Bonchev–Trinajstić information content (AvgIpc) is 2.57. The van der Waals surface area contributed by atoms with Gasteiger partial charge in [-0.05, 0) is 37.0 Å². The van der Waals surface area contributed by atoms with E-state index in [-0.39, 0.29) is 21.9 Å². The van der Waals surface area contributed by atoms with Crippen molar-refractivity contribution in [2.45, 2.75) is 53.4 Å². The van der Waals surface area contributed by atoms with Gasteiger partial charge in [-0.25, -0.2) is 0 Å². The third kappa shape index (κ3) is 1.95. The zero-order valence-electron chi connectivity index (χ0n) is 11.9. The van der Waals surface area contributed by atoms with E-state index >= 15 is 0 Å². The van der Waals surface area contributed by atoms with Crippen LogP contribution in [0.2, 0.25) is 0 Å². The molecule has 0 unspecified atom stereocenters. The number of carbonyl (C=O) groups excluding carboxylic acids is 2. The lowest BCUT2D eigenvalue weighted by Crippen LogP contribution is -2.33. The topological polar surface area (TPSA) is 34.1 Å². The number of thioether (sulfide) groups is 1. The molecule has 2 nitrogen and oxygen atoms in total. The Morgan fingerprint density at radius 3 is 2.56 bits per heavy atom. The number of rotatable bonds is 4. The Hall–Kier alpha value is -0.310. The molecule has 0 aromatic heterocycles. The summed E-state index contributed by atoms with van der Waals surface area (Å²) in [6.07, 6.45) is 4.24. The number of Topliss-reactive ketones (excluding diaryl/α,β-unsaturated/α-hetero) is 1. The van der Waals surface area contributed by atoms with Crippen molar-refractivity contribution < 1.29 is 9.59 Å². The predicted octanol–water partition coefficient (Wildman–Crippen LogP) is 3.69. The molecule has 2 fully saturated rings. The van der Waals surface area contributed by atoms with Crippen LogP contribution in [0, 0.1) is 22.7 Å². The molecule has 0 radical (unpaired) electrons. The molecule has 18 heavy (non-hydrogen) atoms. The van der Waals surface area contributed by atoms with Gasteiger partial charge < -0.3 is 0 Å². The van der Waals surface area contributed by atoms with E-state index < -0.39 is 0 Å². The van der Waals surface area contributed by atoms with Crippen LogP contribution in [0.15, 0.2) is 0 Å². The summed E-state index contributed by atoms with van der Waals surface area (Å²) in [5.74, 6) is 2.18. The van der Waals surface area contributed by atoms with E-state index in [1.54, 1.807) is 6.92 Å². The van der Waals surface area contributed by atoms with Gasteiger partial charge in [-0.1, -0.05) is 32.5 Å². The summed E-state index contributed by atoms with van der Waals surface area (Å²) in [5.41, 5.74) is 0.0819. The van der Waals surface area contributed by atoms with Gasteiger partial charge in [0.25, 0.3) is 0 Å². The van der Waals surface area contributed by atoms with Gasteiger partial charge in [0.2, 0.25) is 0 Å². The summed E-state index contributed by atoms with van der Waals surface area (Å²) in [6.45, 7) is 8.32. The zero-order valence-corrected chi connectivity index (χ0v) is 12.7. The van der Waals surface area contributed by atoms with Crippen LogP contribution in [0.1, 0.15) is 53.4 Å². The molecule has 0 aromatic carbocycles. The predicted molar refractivity (Wildman–Crippen MR) is 75.5 cm³/mol. The smallest absolute Gasteiger partial charge is 0.185 e. The van der Waals surface area contributed by atoms with Crippen molar-refractivity contribution in [1.29, 1.82) is 0 Å². The van der Waals surface area contributed by atoms with Crippen molar-refractivity contribution >= 4 is 22.7 Å². The van der Waals surface area contributed by atoms with Gasteiger partial charge in [-0.15, -0.1) is 0 Å². The molecule has 2 saturated carbocycles. The summed E-state index contributed by atoms with van der Waals surface area (Å²) in [5, 5.41) is 0.182. The highest BCUT2D eigenvalue weighted by atomic mass is 32.2. The maximum Gasteiger partial charge on any atom is 0.185 e.